The maximum atomic E-state index is 13.9. The fourth-order valence-corrected chi connectivity index (χ4v) is 4.68. The van der Waals surface area contributed by atoms with Crippen molar-refractivity contribution < 1.29 is 24.2 Å². The van der Waals surface area contributed by atoms with E-state index in [2.05, 4.69) is 0 Å². The number of carbonyl (C=O) groups is 2. The van der Waals surface area contributed by atoms with Gasteiger partial charge in [0.2, 0.25) is 0 Å². The van der Waals surface area contributed by atoms with Gasteiger partial charge < -0.3 is 24.4 Å². The van der Waals surface area contributed by atoms with Gasteiger partial charge in [-0.1, -0.05) is 67.1 Å². The van der Waals surface area contributed by atoms with Gasteiger partial charge in [-0.05, 0) is 48.7 Å². The Kier molecular flexibility index (Phi) is 8.81. The van der Waals surface area contributed by atoms with Crippen LogP contribution >= 0.6 is 0 Å². The quantitative estimate of drug-likeness (QED) is 0.507. The van der Waals surface area contributed by atoms with Gasteiger partial charge in [0.05, 0.1) is 31.9 Å². The summed E-state index contributed by atoms with van der Waals surface area (Å²) < 4.78 is 12.0. The van der Waals surface area contributed by atoms with Crippen LogP contribution in [-0.2, 0) is 11.3 Å². The van der Waals surface area contributed by atoms with Crippen molar-refractivity contribution in [1.29, 1.82) is 0 Å². The van der Waals surface area contributed by atoms with Crippen LogP contribution in [0.4, 0.5) is 4.79 Å². The average Bonchev–Trinajstić information content (AvgIpc) is 2.95. The van der Waals surface area contributed by atoms with E-state index in [1.54, 1.807) is 24.1 Å². The monoisotopic (exact) mass is 516 g/mol. The lowest BCUT2D eigenvalue weighted by atomic mass is 9.94. The lowest BCUT2D eigenvalue weighted by molar-refractivity contribution is -0.0205. The molecule has 3 aromatic rings. The van der Waals surface area contributed by atoms with Crippen molar-refractivity contribution in [2.75, 3.05) is 26.7 Å². The molecule has 4 rings (SSSR count). The first-order valence-corrected chi connectivity index (χ1v) is 13.0. The summed E-state index contributed by atoms with van der Waals surface area (Å²) in [6.07, 6.45) is -0.871. The van der Waals surface area contributed by atoms with Crippen molar-refractivity contribution in [2.45, 2.75) is 39.5 Å². The highest BCUT2D eigenvalue weighted by Gasteiger charge is 2.31. The zero-order valence-corrected chi connectivity index (χ0v) is 22.5. The lowest BCUT2D eigenvalue weighted by Crippen LogP contribution is -2.47. The number of ether oxygens (including phenoxy) is 2. The summed E-state index contributed by atoms with van der Waals surface area (Å²) in [6, 6.07) is 22.4. The molecule has 0 fully saturated rings. The maximum Gasteiger partial charge on any atom is 0.415 e. The minimum Gasteiger partial charge on any atom is -0.410 e. The molecule has 200 valence electrons. The minimum absolute atomic E-state index is 0.139. The van der Waals surface area contributed by atoms with Crippen LogP contribution in [0.15, 0.2) is 72.8 Å². The fourth-order valence-electron chi connectivity index (χ4n) is 4.68. The number of aliphatic hydroxyl groups is 1. The third-order valence-electron chi connectivity index (χ3n) is 7.09. The van der Waals surface area contributed by atoms with E-state index < -0.39 is 6.09 Å². The molecule has 1 aliphatic rings. The second-order valence-corrected chi connectivity index (χ2v) is 10.1. The Morgan fingerprint density at radius 1 is 1.05 bits per heavy atom. The molecular weight excluding hydrogens is 480 g/mol. The number of rotatable bonds is 5. The molecule has 0 aliphatic carbocycles. The predicted octanol–water partition coefficient (Wildman–Crippen LogP) is 5.15. The van der Waals surface area contributed by atoms with E-state index in [1.165, 1.54) is 4.90 Å². The zero-order valence-electron chi connectivity index (χ0n) is 22.5. The molecule has 38 heavy (non-hydrogen) atoms. The van der Waals surface area contributed by atoms with Gasteiger partial charge in [-0.15, -0.1) is 0 Å². The molecule has 0 bridgehead atoms. The number of fused-ring (bicyclic) bond motifs is 3. The Labute approximate surface area is 224 Å². The molecule has 0 saturated heterocycles. The Bertz CT molecular complexity index is 1260. The third kappa shape index (κ3) is 6.23. The second kappa shape index (κ2) is 12.2. The summed E-state index contributed by atoms with van der Waals surface area (Å²) in [7, 11) is 1.68. The highest BCUT2D eigenvalue weighted by molar-refractivity contribution is 6.01. The van der Waals surface area contributed by atoms with E-state index in [9.17, 15) is 14.7 Å². The molecule has 3 aromatic carbocycles. The van der Waals surface area contributed by atoms with Crippen LogP contribution in [0.2, 0.25) is 0 Å². The van der Waals surface area contributed by atoms with Gasteiger partial charge in [0, 0.05) is 25.1 Å². The molecule has 7 nitrogen and oxygen atoms in total. The second-order valence-electron chi connectivity index (χ2n) is 10.1. The molecule has 1 N–H and O–H groups in total. The number of likely N-dealkylation sites (N-methyl/N-ethyl adjacent to an activating group) is 1. The first-order valence-electron chi connectivity index (χ1n) is 13.0. The number of carbonyl (C=O) groups excluding carboxylic acids is 2. The predicted molar refractivity (Wildman–Crippen MR) is 147 cm³/mol. The van der Waals surface area contributed by atoms with Crippen LogP contribution in [0.1, 0.15) is 35.3 Å². The first-order chi connectivity index (χ1) is 18.3. The zero-order chi connectivity index (χ0) is 27.2. The van der Waals surface area contributed by atoms with Crippen molar-refractivity contribution in [3.05, 3.63) is 89.5 Å². The number of amides is 2. The molecule has 0 aromatic heterocycles. The van der Waals surface area contributed by atoms with E-state index in [0.717, 1.165) is 22.3 Å². The summed E-state index contributed by atoms with van der Waals surface area (Å²) in [5.41, 5.74) is 4.38. The molecule has 2 amide bonds. The number of nitrogens with zero attached hydrogens (tertiary/aromatic N) is 2. The summed E-state index contributed by atoms with van der Waals surface area (Å²) >= 11 is 0. The van der Waals surface area contributed by atoms with Crippen molar-refractivity contribution in [2.24, 2.45) is 5.92 Å². The van der Waals surface area contributed by atoms with Gasteiger partial charge in [-0.2, -0.15) is 0 Å². The van der Waals surface area contributed by atoms with Crippen molar-refractivity contribution >= 4 is 12.0 Å². The highest BCUT2D eigenvalue weighted by Crippen LogP contribution is 2.31. The number of aryl methyl sites for hydroxylation is 1. The normalized spacial score (nSPS) is 18.6. The van der Waals surface area contributed by atoms with Crippen LogP contribution < -0.4 is 4.74 Å². The standard InChI is InChI=1S/C31H36N2O5/c1-21-13-15-25(16-14-21)38-31(36)32(4)18-29-22(2)17-33(23(3)19-34)30(35)28-12-8-7-11-27(28)26-10-6-5-9-24(26)20-37-29/h5-16,22-23,29,34H,17-20H2,1-4H3/t22-,23-,29-/m1/s1. The van der Waals surface area contributed by atoms with Gasteiger partial charge in [0.25, 0.3) is 5.91 Å². The van der Waals surface area contributed by atoms with Crippen molar-refractivity contribution in [3.8, 4) is 16.9 Å². The first kappa shape index (κ1) is 27.4. The molecule has 0 radical (unpaired) electrons. The number of hydrogen-bond acceptors (Lipinski definition) is 5. The Morgan fingerprint density at radius 3 is 2.37 bits per heavy atom. The number of benzene rings is 3. The summed E-state index contributed by atoms with van der Waals surface area (Å²) in [4.78, 5) is 30.0. The van der Waals surface area contributed by atoms with Crippen molar-refractivity contribution in [1.82, 2.24) is 9.80 Å². The maximum absolute atomic E-state index is 13.9. The van der Waals surface area contributed by atoms with Gasteiger partial charge in [-0.25, -0.2) is 4.79 Å². The van der Waals surface area contributed by atoms with Crippen LogP contribution in [0.5, 0.6) is 5.75 Å². The van der Waals surface area contributed by atoms with E-state index in [0.29, 0.717) is 24.5 Å². The van der Waals surface area contributed by atoms with Gasteiger partial charge in [0.1, 0.15) is 5.75 Å². The molecule has 1 heterocycles. The van der Waals surface area contributed by atoms with E-state index >= 15 is 0 Å². The Morgan fingerprint density at radius 2 is 1.68 bits per heavy atom. The number of hydrogen-bond donors (Lipinski definition) is 1. The third-order valence-corrected chi connectivity index (χ3v) is 7.09. The molecular formula is C31H36N2O5. The largest absolute Gasteiger partial charge is 0.415 e. The van der Waals surface area contributed by atoms with Crippen LogP contribution in [0, 0.1) is 12.8 Å². The highest BCUT2D eigenvalue weighted by atomic mass is 16.6. The Hall–Kier alpha value is -3.68. The molecule has 7 heteroatoms. The SMILES string of the molecule is Cc1ccc(OC(=O)N(C)C[C@H]2OCc3ccccc3-c3ccccc3C(=O)N([C@H](C)CO)C[C@H]2C)cc1. The lowest BCUT2D eigenvalue weighted by Gasteiger charge is -2.35. The average molecular weight is 517 g/mol. The minimum atomic E-state index is -0.483. The van der Waals surface area contributed by atoms with E-state index in [1.807, 2.05) is 81.4 Å². The van der Waals surface area contributed by atoms with Gasteiger partial charge in [0.15, 0.2) is 0 Å². The summed E-state index contributed by atoms with van der Waals surface area (Å²) in [5.74, 6) is 0.195. The fraction of sp³-hybridized carbons (Fsp3) is 0.355. The summed E-state index contributed by atoms with van der Waals surface area (Å²) in [5, 5.41) is 9.99. The van der Waals surface area contributed by atoms with Gasteiger partial charge >= 0.3 is 6.09 Å². The Balaban J connectivity index is 1.64. The molecule has 0 unspecified atom stereocenters. The van der Waals surface area contributed by atoms with E-state index in [4.69, 9.17) is 9.47 Å². The molecule has 0 saturated carbocycles. The molecule has 0 spiro atoms. The number of aliphatic hydroxyl groups excluding tert-OH is 1. The van der Waals surface area contributed by atoms with Crippen LogP contribution in [0.3, 0.4) is 0 Å². The van der Waals surface area contributed by atoms with Crippen molar-refractivity contribution in [3.63, 3.8) is 0 Å². The topological polar surface area (TPSA) is 79.3 Å². The van der Waals surface area contributed by atoms with E-state index in [-0.39, 0.29) is 37.1 Å². The van der Waals surface area contributed by atoms with Crippen LogP contribution in [-0.4, -0.2) is 65.8 Å². The molecule has 1 aliphatic heterocycles. The summed E-state index contributed by atoms with van der Waals surface area (Å²) in [6.45, 7) is 6.61. The van der Waals surface area contributed by atoms with Gasteiger partial charge in [-0.3, -0.25) is 4.79 Å². The smallest absolute Gasteiger partial charge is 0.410 e. The van der Waals surface area contributed by atoms with Crippen LogP contribution in [0.25, 0.3) is 11.1 Å². The molecule has 3 atom stereocenters.